The number of benzene rings is 1. The summed E-state index contributed by atoms with van der Waals surface area (Å²) in [7, 11) is 0. The minimum atomic E-state index is -0.545. The molecule has 1 atom stereocenters. The van der Waals surface area contributed by atoms with Crippen molar-refractivity contribution in [1.82, 2.24) is 10.4 Å². The molecule has 0 bridgehead atoms. The van der Waals surface area contributed by atoms with Crippen molar-refractivity contribution >= 4 is 28.8 Å². The lowest BCUT2D eigenvalue weighted by molar-refractivity contribution is 0.0148. The van der Waals surface area contributed by atoms with Gasteiger partial charge in [0.25, 0.3) is 0 Å². The van der Waals surface area contributed by atoms with Crippen LogP contribution in [0.2, 0.25) is 0 Å². The van der Waals surface area contributed by atoms with Gasteiger partial charge in [0.15, 0.2) is 0 Å². The van der Waals surface area contributed by atoms with E-state index in [4.69, 9.17) is 9.47 Å². The zero-order valence-electron chi connectivity index (χ0n) is 18.8. The number of rotatable bonds is 6. The third kappa shape index (κ3) is 6.64. The number of nitrogens with zero attached hydrogens (tertiary/aromatic N) is 2. The van der Waals surface area contributed by atoms with Crippen LogP contribution in [-0.2, 0) is 9.47 Å². The first-order valence-corrected chi connectivity index (χ1v) is 11.4. The fourth-order valence-corrected chi connectivity index (χ4v) is 4.26. The van der Waals surface area contributed by atoms with Crippen molar-refractivity contribution in [3.05, 3.63) is 29.4 Å². The second kappa shape index (κ2) is 9.95. The Morgan fingerprint density at radius 3 is 2.77 bits per heavy atom. The maximum Gasteiger partial charge on any atom is 0.411 e. The van der Waals surface area contributed by atoms with Crippen LogP contribution in [0.15, 0.2) is 24.4 Å². The van der Waals surface area contributed by atoms with E-state index < -0.39 is 6.09 Å². The molecule has 8 nitrogen and oxygen atoms in total. The fourth-order valence-electron chi connectivity index (χ4n) is 3.23. The standard InChI is InChI=1S/C22H32N4O4S/c1-14(2)30-21(27)24-15-9-10-16(17(12-15)26(28)25-22(3,4)5)19-13-23-20(31-19)18-8-6-7-11-29-18/h9-10,12-14,18,25,28H,6-8,11H2,1-5H3,(H,24,27)/t18-/m0/s1. The van der Waals surface area contributed by atoms with Crippen LogP contribution in [0.1, 0.15) is 65.0 Å². The van der Waals surface area contributed by atoms with Gasteiger partial charge in [0.1, 0.15) is 11.1 Å². The second-order valence-electron chi connectivity index (χ2n) is 8.90. The first-order valence-electron chi connectivity index (χ1n) is 10.6. The predicted molar refractivity (Wildman–Crippen MR) is 122 cm³/mol. The summed E-state index contributed by atoms with van der Waals surface area (Å²) in [6.07, 6.45) is 4.26. The lowest BCUT2D eigenvalue weighted by Crippen LogP contribution is -2.47. The average Bonchev–Trinajstić information content (AvgIpc) is 3.16. The summed E-state index contributed by atoms with van der Waals surface area (Å²) in [6.45, 7) is 10.2. The van der Waals surface area contributed by atoms with Gasteiger partial charge in [-0.25, -0.2) is 15.2 Å². The number of hydrogen-bond donors (Lipinski definition) is 3. The number of hydrazine groups is 1. The highest BCUT2D eigenvalue weighted by Gasteiger charge is 2.23. The zero-order chi connectivity index (χ0) is 22.6. The van der Waals surface area contributed by atoms with Gasteiger partial charge in [-0.1, -0.05) is 0 Å². The Balaban J connectivity index is 1.91. The Kier molecular flexibility index (Phi) is 7.53. The number of nitrogens with one attached hydrogen (secondary N) is 2. The molecule has 0 saturated carbocycles. The molecule has 1 amide bonds. The van der Waals surface area contributed by atoms with Gasteiger partial charge in [-0.3, -0.25) is 10.5 Å². The Hall–Kier alpha value is -2.20. The van der Waals surface area contributed by atoms with E-state index in [1.54, 1.807) is 37.3 Å². The van der Waals surface area contributed by atoms with Crippen LogP contribution in [0.4, 0.5) is 16.2 Å². The minimum Gasteiger partial charge on any atom is -0.447 e. The number of thiazole rings is 1. The number of carbonyl (C=O) groups is 1. The highest BCUT2D eigenvalue weighted by atomic mass is 32.1. The van der Waals surface area contributed by atoms with Crippen LogP contribution in [-0.4, -0.2) is 34.5 Å². The van der Waals surface area contributed by atoms with Crippen molar-refractivity contribution < 1.29 is 19.5 Å². The SMILES string of the molecule is CC(C)OC(=O)Nc1ccc(-c2cnc([C@@H]3CCCCO3)s2)c(N(O)NC(C)(C)C)c1. The van der Waals surface area contributed by atoms with E-state index in [1.165, 1.54) is 0 Å². The van der Waals surface area contributed by atoms with Crippen LogP contribution in [0.25, 0.3) is 10.4 Å². The predicted octanol–water partition coefficient (Wildman–Crippen LogP) is 5.51. The highest BCUT2D eigenvalue weighted by molar-refractivity contribution is 7.15. The minimum absolute atomic E-state index is 0.0284. The molecule has 170 valence electrons. The van der Waals surface area contributed by atoms with Crippen molar-refractivity contribution in [3.63, 3.8) is 0 Å². The van der Waals surface area contributed by atoms with E-state index in [9.17, 15) is 10.0 Å². The summed E-state index contributed by atoms with van der Waals surface area (Å²) in [4.78, 5) is 17.5. The summed E-state index contributed by atoms with van der Waals surface area (Å²) in [5.74, 6) is 0. The number of aromatic nitrogens is 1. The van der Waals surface area contributed by atoms with Gasteiger partial charge in [-0.05, 0) is 72.1 Å². The van der Waals surface area contributed by atoms with E-state index in [-0.39, 0.29) is 17.7 Å². The molecule has 0 aliphatic carbocycles. The quantitative estimate of drug-likeness (QED) is 0.502. The molecular formula is C22H32N4O4S. The van der Waals surface area contributed by atoms with Crippen molar-refractivity contribution in [2.45, 2.75) is 71.6 Å². The first kappa shape index (κ1) is 23.5. The van der Waals surface area contributed by atoms with Gasteiger partial charge in [-0.2, -0.15) is 5.17 Å². The van der Waals surface area contributed by atoms with Gasteiger partial charge in [-0.15, -0.1) is 11.3 Å². The van der Waals surface area contributed by atoms with E-state index in [1.807, 2.05) is 33.0 Å². The molecule has 0 radical (unpaired) electrons. The van der Waals surface area contributed by atoms with Gasteiger partial charge in [0, 0.05) is 29.6 Å². The Morgan fingerprint density at radius 2 is 2.13 bits per heavy atom. The van der Waals surface area contributed by atoms with E-state index in [2.05, 4.69) is 15.7 Å². The van der Waals surface area contributed by atoms with Gasteiger partial charge in [0.05, 0.1) is 16.7 Å². The molecule has 3 N–H and O–H groups in total. The van der Waals surface area contributed by atoms with Crippen LogP contribution < -0.4 is 15.9 Å². The van der Waals surface area contributed by atoms with Crippen molar-refractivity contribution in [3.8, 4) is 10.4 Å². The summed E-state index contributed by atoms with van der Waals surface area (Å²) in [6, 6.07) is 5.33. The topological polar surface area (TPSA) is 96.0 Å². The molecule has 0 unspecified atom stereocenters. The number of ether oxygens (including phenoxy) is 2. The molecule has 3 rings (SSSR count). The Labute approximate surface area is 187 Å². The summed E-state index contributed by atoms with van der Waals surface area (Å²) in [5, 5.41) is 15.4. The lowest BCUT2D eigenvalue weighted by atomic mass is 10.1. The van der Waals surface area contributed by atoms with Gasteiger partial charge in [0.2, 0.25) is 0 Å². The summed E-state index contributed by atoms with van der Waals surface area (Å²) in [5.41, 5.74) is 4.46. The van der Waals surface area contributed by atoms with Gasteiger partial charge >= 0.3 is 6.09 Å². The normalized spacial score (nSPS) is 16.9. The summed E-state index contributed by atoms with van der Waals surface area (Å²) < 4.78 is 11.0. The number of hydrogen-bond acceptors (Lipinski definition) is 8. The average molecular weight is 449 g/mol. The maximum atomic E-state index is 12.0. The lowest BCUT2D eigenvalue weighted by Gasteiger charge is -2.29. The number of amides is 1. The zero-order valence-corrected chi connectivity index (χ0v) is 19.6. The van der Waals surface area contributed by atoms with Crippen LogP contribution >= 0.6 is 11.3 Å². The Bertz CT molecular complexity index is 888. The highest BCUT2D eigenvalue weighted by Crippen LogP contribution is 2.39. The molecule has 1 aromatic heterocycles. The van der Waals surface area contributed by atoms with Crippen LogP contribution in [0, 0.1) is 0 Å². The van der Waals surface area contributed by atoms with Crippen LogP contribution in [0.5, 0.6) is 0 Å². The maximum absolute atomic E-state index is 12.0. The molecule has 2 aromatic rings. The molecule has 31 heavy (non-hydrogen) atoms. The molecule has 1 aliphatic heterocycles. The Morgan fingerprint density at radius 1 is 1.35 bits per heavy atom. The van der Waals surface area contributed by atoms with Gasteiger partial charge < -0.3 is 9.47 Å². The van der Waals surface area contributed by atoms with E-state index >= 15 is 0 Å². The monoisotopic (exact) mass is 448 g/mol. The third-order valence-corrected chi connectivity index (χ3v) is 5.62. The number of carbonyl (C=O) groups excluding carboxylic acids is 1. The smallest absolute Gasteiger partial charge is 0.411 e. The molecule has 1 saturated heterocycles. The first-order chi connectivity index (χ1) is 14.6. The van der Waals surface area contributed by atoms with Crippen LogP contribution in [0.3, 0.4) is 0 Å². The molecule has 2 heterocycles. The van der Waals surface area contributed by atoms with Crippen molar-refractivity contribution in [2.24, 2.45) is 0 Å². The largest absolute Gasteiger partial charge is 0.447 e. The van der Waals surface area contributed by atoms with Crippen molar-refractivity contribution in [2.75, 3.05) is 17.1 Å². The van der Waals surface area contributed by atoms with E-state index in [0.717, 1.165) is 46.5 Å². The summed E-state index contributed by atoms with van der Waals surface area (Å²) >= 11 is 1.56. The molecule has 1 aromatic carbocycles. The van der Waals surface area contributed by atoms with E-state index in [0.29, 0.717) is 11.4 Å². The third-order valence-electron chi connectivity index (χ3n) is 4.50. The molecular weight excluding hydrogens is 416 g/mol. The van der Waals surface area contributed by atoms with Crippen molar-refractivity contribution in [1.29, 1.82) is 0 Å². The number of anilines is 2. The molecule has 1 fully saturated rings. The fraction of sp³-hybridized carbons (Fsp3) is 0.545. The second-order valence-corrected chi connectivity index (χ2v) is 9.96. The molecule has 1 aliphatic rings. The molecule has 9 heteroatoms. The molecule has 0 spiro atoms.